The molecule has 15 nitrogen and oxygen atoms in total. The Morgan fingerprint density at radius 1 is 1.15 bits per heavy atom. The van der Waals surface area contributed by atoms with Gasteiger partial charge in [-0.2, -0.15) is 0 Å². The highest BCUT2D eigenvalue weighted by Crippen LogP contribution is 2.45. The third-order valence-electron chi connectivity index (χ3n) is 5.02. The predicted octanol–water partition coefficient (Wildman–Crippen LogP) is -1.07. The summed E-state index contributed by atoms with van der Waals surface area (Å²) in [6, 6.07) is 2.09. The van der Waals surface area contributed by atoms with Crippen LogP contribution in [0.25, 0.3) is 11.2 Å². The number of aromatic nitrogens is 4. The van der Waals surface area contributed by atoms with Gasteiger partial charge in [0.2, 0.25) is 0 Å². The van der Waals surface area contributed by atoms with E-state index in [1.807, 2.05) is 0 Å². The molecule has 1 saturated heterocycles. The van der Waals surface area contributed by atoms with E-state index in [1.165, 1.54) is 17.2 Å². The summed E-state index contributed by atoms with van der Waals surface area (Å²) >= 11 is 0. The number of aliphatic hydroxyl groups is 3. The first-order valence-electron chi connectivity index (χ1n) is 9.43. The first kappa shape index (κ1) is 23.1. The molecule has 0 amide bonds. The Kier molecular flexibility index (Phi) is 6.11. The zero-order valence-electron chi connectivity index (χ0n) is 16.6. The van der Waals surface area contributed by atoms with Crippen LogP contribution < -0.4 is 9.84 Å². The van der Waals surface area contributed by atoms with Crippen LogP contribution >= 0.6 is 7.82 Å². The summed E-state index contributed by atoms with van der Waals surface area (Å²) in [5.74, 6) is -1.43. The lowest BCUT2D eigenvalue weighted by atomic mass is 10.1. The molecular weight excluding hydrogens is 465 g/mol. The van der Waals surface area contributed by atoms with Gasteiger partial charge < -0.3 is 40.1 Å². The van der Waals surface area contributed by atoms with E-state index in [0.717, 1.165) is 12.1 Å². The Balaban J connectivity index is 1.60. The van der Waals surface area contributed by atoms with Crippen molar-refractivity contribution in [3.8, 4) is 17.2 Å². The van der Waals surface area contributed by atoms with Crippen LogP contribution in [0, 0.1) is 0 Å². The largest absolute Gasteiger partial charge is 0.524 e. The van der Waals surface area contributed by atoms with Gasteiger partial charge in [-0.05, 0) is 12.1 Å². The number of aliphatic hydroxyl groups excluding tert-OH is 3. The monoisotopic (exact) mass is 485 g/mol. The molecule has 0 bridgehead atoms. The molecule has 8 N–H and O–H groups in total. The maximum absolute atomic E-state index is 11.1. The standard InChI is InChI=1S/C17H20N5O10P/c23-4-10-13(26)14(27)17(31-10)22-6-21-11-15(19-5-20-16(11)22)18-3-7-8(24)1-2-9(12(7)25)32-33(28,29)30/h1-2,5-6,10,13-14,17,23-27H,3-4H2,(H,18,19,20)(H2,28,29,30)/t10-,13-,14-,17-/m1/s1. The molecule has 0 aliphatic carbocycles. The molecule has 1 aliphatic heterocycles. The highest BCUT2D eigenvalue weighted by Gasteiger charge is 2.44. The number of ether oxygens (including phenoxy) is 1. The van der Waals surface area contributed by atoms with Crippen molar-refractivity contribution in [2.75, 3.05) is 11.9 Å². The molecule has 1 aromatic carbocycles. The van der Waals surface area contributed by atoms with Gasteiger partial charge in [0.25, 0.3) is 0 Å². The molecule has 16 heteroatoms. The first-order chi connectivity index (χ1) is 15.6. The number of phosphoric ester groups is 1. The Hall–Kier alpha value is -3.04. The smallest absolute Gasteiger partial charge is 0.507 e. The van der Waals surface area contributed by atoms with Crippen molar-refractivity contribution in [2.24, 2.45) is 0 Å². The van der Waals surface area contributed by atoms with Gasteiger partial charge in [-0.1, -0.05) is 0 Å². The average Bonchev–Trinajstić information content (AvgIpc) is 3.31. The Morgan fingerprint density at radius 3 is 2.58 bits per heavy atom. The topological polar surface area (TPSA) is 233 Å². The van der Waals surface area contributed by atoms with Crippen LogP contribution in [-0.2, 0) is 15.8 Å². The van der Waals surface area contributed by atoms with Crippen molar-refractivity contribution < 1.29 is 49.1 Å². The first-order valence-corrected chi connectivity index (χ1v) is 11.0. The summed E-state index contributed by atoms with van der Waals surface area (Å²) in [6.45, 7) is -0.746. The third-order valence-corrected chi connectivity index (χ3v) is 5.46. The van der Waals surface area contributed by atoms with Crippen LogP contribution in [0.2, 0.25) is 0 Å². The quantitative estimate of drug-likeness (QED) is 0.186. The van der Waals surface area contributed by atoms with Crippen LogP contribution in [0.3, 0.4) is 0 Å². The summed E-state index contributed by atoms with van der Waals surface area (Å²) in [5, 5.41) is 52.7. The number of hydrogen-bond acceptors (Lipinski definition) is 12. The van der Waals surface area contributed by atoms with Crippen molar-refractivity contribution in [2.45, 2.75) is 31.1 Å². The maximum atomic E-state index is 11.1. The fourth-order valence-corrected chi connectivity index (χ4v) is 3.83. The molecule has 2 aromatic heterocycles. The van der Waals surface area contributed by atoms with Crippen LogP contribution in [0.1, 0.15) is 11.8 Å². The molecule has 1 fully saturated rings. The van der Waals surface area contributed by atoms with E-state index in [0.29, 0.717) is 0 Å². The van der Waals surface area contributed by atoms with E-state index < -0.39 is 50.5 Å². The van der Waals surface area contributed by atoms with Crippen LogP contribution in [0.5, 0.6) is 17.2 Å². The van der Waals surface area contributed by atoms with Crippen molar-refractivity contribution in [1.82, 2.24) is 19.5 Å². The minimum absolute atomic E-state index is 0.129. The van der Waals surface area contributed by atoms with E-state index in [1.54, 1.807) is 0 Å². The number of phenols is 2. The lowest BCUT2D eigenvalue weighted by molar-refractivity contribution is -0.0511. The number of imidazole rings is 1. The fourth-order valence-electron chi connectivity index (χ4n) is 3.43. The van der Waals surface area contributed by atoms with Gasteiger partial charge in [0.15, 0.2) is 34.7 Å². The number of aromatic hydroxyl groups is 2. The normalized spacial score (nSPS) is 23.2. The molecule has 178 valence electrons. The molecule has 4 rings (SSSR count). The second kappa shape index (κ2) is 8.72. The third kappa shape index (κ3) is 4.43. The number of hydrogen-bond donors (Lipinski definition) is 8. The maximum Gasteiger partial charge on any atom is 0.524 e. The predicted molar refractivity (Wildman–Crippen MR) is 108 cm³/mol. The SMILES string of the molecule is O=P(O)(O)Oc1ccc(O)c(CNc2ncnc3c2ncn3[C@@H]2O[C@H](CO)[C@@H](O)[C@H]2O)c1O. The Morgan fingerprint density at radius 2 is 1.91 bits per heavy atom. The van der Waals surface area contributed by atoms with E-state index in [-0.39, 0.29) is 34.8 Å². The van der Waals surface area contributed by atoms with Crippen LogP contribution in [0.4, 0.5) is 5.82 Å². The molecule has 0 spiro atoms. The lowest BCUT2D eigenvalue weighted by Gasteiger charge is -2.16. The molecule has 0 unspecified atom stereocenters. The zero-order valence-corrected chi connectivity index (χ0v) is 17.5. The number of benzene rings is 1. The van der Waals surface area contributed by atoms with E-state index >= 15 is 0 Å². The van der Waals surface area contributed by atoms with Gasteiger partial charge >= 0.3 is 7.82 Å². The molecule has 33 heavy (non-hydrogen) atoms. The molecule has 1 aliphatic rings. The van der Waals surface area contributed by atoms with Gasteiger partial charge in [0, 0.05) is 6.54 Å². The number of nitrogens with zero attached hydrogens (tertiary/aromatic N) is 4. The van der Waals surface area contributed by atoms with Gasteiger partial charge in [0.1, 0.15) is 30.4 Å². The van der Waals surface area contributed by atoms with Crippen molar-refractivity contribution in [1.29, 1.82) is 0 Å². The number of phosphoric acid groups is 1. The highest BCUT2D eigenvalue weighted by molar-refractivity contribution is 7.46. The molecule has 0 saturated carbocycles. The number of anilines is 1. The minimum atomic E-state index is -4.94. The zero-order chi connectivity index (χ0) is 23.9. The number of nitrogens with one attached hydrogen (secondary N) is 1. The van der Waals surface area contributed by atoms with Gasteiger partial charge in [-0.25, -0.2) is 19.5 Å². The Bertz CT molecular complexity index is 1220. The van der Waals surface area contributed by atoms with Crippen molar-refractivity contribution in [3.05, 3.63) is 30.4 Å². The summed E-state index contributed by atoms with van der Waals surface area (Å²) in [5.41, 5.74) is 0.307. The van der Waals surface area contributed by atoms with Gasteiger partial charge in [-0.15, -0.1) is 0 Å². The second-order valence-corrected chi connectivity index (χ2v) is 8.28. The average molecular weight is 485 g/mol. The summed E-state index contributed by atoms with van der Waals surface area (Å²) in [4.78, 5) is 30.3. The number of fused-ring (bicyclic) bond motifs is 1. The highest BCUT2D eigenvalue weighted by atomic mass is 31.2. The molecule has 3 heterocycles. The van der Waals surface area contributed by atoms with Crippen LogP contribution in [-0.4, -0.2) is 79.8 Å². The van der Waals surface area contributed by atoms with E-state index in [4.69, 9.17) is 14.5 Å². The van der Waals surface area contributed by atoms with E-state index in [9.17, 15) is 30.1 Å². The van der Waals surface area contributed by atoms with Crippen LogP contribution in [0.15, 0.2) is 24.8 Å². The van der Waals surface area contributed by atoms with Crippen molar-refractivity contribution >= 4 is 24.8 Å². The summed E-state index contributed by atoms with van der Waals surface area (Å²) in [7, 11) is -4.94. The van der Waals surface area contributed by atoms with Gasteiger partial charge in [0.05, 0.1) is 18.5 Å². The minimum Gasteiger partial charge on any atom is -0.507 e. The second-order valence-electron chi connectivity index (χ2n) is 7.12. The van der Waals surface area contributed by atoms with Gasteiger partial charge in [-0.3, -0.25) is 14.4 Å². The fraction of sp³-hybridized carbons (Fsp3) is 0.353. The number of phenolic OH excluding ortho intramolecular Hbond substituents is 2. The van der Waals surface area contributed by atoms with Crippen molar-refractivity contribution in [3.63, 3.8) is 0 Å². The molecule has 4 atom stereocenters. The summed E-state index contributed by atoms with van der Waals surface area (Å²) in [6.07, 6.45) is -2.25. The number of rotatable bonds is 7. The molecular formula is C17H20N5O10P. The lowest BCUT2D eigenvalue weighted by Crippen LogP contribution is -2.33. The Labute approximate surface area is 184 Å². The van der Waals surface area contributed by atoms with E-state index in [2.05, 4.69) is 24.8 Å². The molecule has 3 aromatic rings. The summed E-state index contributed by atoms with van der Waals surface area (Å²) < 4.78 is 22.3. The molecule has 0 radical (unpaired) electrons.